The summed E-state index contributed by atoms with van der Waals surface area (Å²) in [7, 11) is 0. The van der Waals surface area contributed by atoms with Crippen molar-refractivity contribution in [3.63, 3.8) is 0 Å². The molecule has 5 nitrogen and oxygen atoms in total. The Morgan fingerprint density at radius 2 is 2.10 bits per heavy atom. The van der Waals surface area contributed by atoms with E-state index in [4.69, 9.17) is 27.6 Å². The van der Waals surface area contributed by atoms with Gasteiger partial charge in [-0.3, -0.25) is 14.7 Å². The maximum absolute atomic E-state index is 12.8. The number of amides is 1. The summed E-state index contributed by atoms with van der Waals surface area (Å²) in [4.78, 5) is 23.4. The average Bonchev–Trinajstić information content (AvgIpc) is 3.29. The number of hydrogen-bond acceptors (Lipinski definition) is 5. The normalized spacial score (nSPS) is 16.9. The number of amidine groups is 1. The molecule has 1 saturated heterocycles. The molecule has 1 aliphatic heterocycles. The van der Waals surface area contributed by atoms with Gasteiger partial charge in [0.1, 0.15) is 11.5 Å². The second-order valence-electron chi connectivity index (χ2n) is 6.09. The molecule has 4 rings (SSSR count). The lowest BCUT2D eigenvalue weighted by atomic mass is 10.2. The molecule has 2 aromatic heterocycles. The lowest BCUT2D eigenvalue weighted by molar-refractivity contribution is -0.122. The number of carbonyl (C=O) groups excluding carboxylic acids is 1. The van der Waals surface area contributed by atoms with Gasteiger partial charge in [-0.05, 0) is 49.0 Å². The second kappa shape index (κ2) is 8.45. The lowest BCUT2D eigenvalue weighted by Crippen LogP contribution is -2.28. The molecule has 0 bridgehead atoms. The van der Waals surface area contributed by atoms with Crippen molar-refractivity contribution in [1.82, 2.24) is 9.88 Å². The van der Waals surface area contributed by atoms with Gasteiger partial charge in [0.25, 0.3) is 5.91 Å². The van der Waals surface area contributed by atoms with Crippen LogP contribution in [0.25, 0.3) is 17.4 Å². The van der Waals surface area contributed by atoms with Crippen molar-refractivity contribution in [2.75, 3.05) is 6.54 Å². The quantitative estimate of drug-likeness (QED) is 0.445. The number of nitrogens with zero attached hydrogens (tertiary/aromatic N) is 3. The molecule has 8 heteroatoms. The van der Waals surface area contributed by atoms with Crippen molar-refractivity contribution in [2.45, 2.75) is 6.92 Å². The van der Waals surface area contributed by atoms with Gasteiger partial charge in [0.05, 0.1) is 15.6 Å². The Hall–Kier alpha value is -2.54. The molecule has 1 aliphatic rings. The van der Waals surface area contributed by atoms with Gasteiger partial charge in [0, 0.05) is 35.6 Å². The molecule has 0 unspecified atom stereocenters. The third-order valence-corrected chi connectivity index (χ3v) is 5.71. The minimum atomic E-state index is -0.123. The van der Waals surface area contributed by atoms with Crippen LogP contribution in [0.1, 0.15) is 12.7 Å². The number of likely N-dealkylation sites (N-methyl/N-ethyl adjacent to an activating group) is 1. The summed E-state index contributed by atoms with van der Waals surface area (Å²) in [6.07, 6.45) is 4.86. The molecule has 146 valence electrons. The van der Waals surface area contributed by atoms with Gasteiger partial charge in [0.15, 0.2) is 5.17 Å². The summed E-state index contributed by atoms with van der Waals surface area (Å²) in [6, 6.07) is 12.8. The molecule has 3 heterocycles. The number of furan rings is 1. The Bertz CT molecular complexity index is 1140. The maximum atomic E-state index is 12.8. The molecule has 1 amide bonds. The first-order valence-corrected chi connectivity index (χ1v) is 10.4. The van der Waals surface area contributed by atoms with E-state index in [1.165, 1.54) is 18.0 Å². The number of hydrogen-bond donors (Lipinski definition) is 0. The van der Waals surface area contributed by atoms with Crippen LogP contribution >= 0.6 is 35.0 Å². The molecule has 0 radical (unpaired) electrons. The van der Waals surface area contributed by atoms with Gasteiger partial charge in [0.2, 0.25) is 0 Å². The first-order chi connectivity index (χ1) is 14.0. The van der Waals surface area contributed by atoms with Gasteiger partial charge in [-0.2, -0.15) is 0 Å². The fourth-order valence-electron chi connectivity index (χ4n) is 2.79. The molecule has 1 fully saturated rings. The first-order valence-electron chi connectivity index (χ1n) is 8.80. The van der Waals surface area contributed by atoms with E-state index in [0.29, 0.717) is 43.9 Å². The number of benzene rings is 1. The zero-order valence-corrected chi connectivity index (χ0v) is 17.6. The van der Waals surface area contributed by atoms with Gasteiger partial charge < -0.3 is 4.42 Å². The Balaban J connectivity index is 1.63. The van der Waals surface area contributed by atoms with Crippen LogP contribution in [0.5, 0.6) is 0 Å². The number of aliphatic imine (C=N–C) groups is 1. The minimum absolute atomic E-state index is 0.123. The fraction of sp³-hybridized carbons (Fsp3) is 0.0952. The van der Waals surface area contributed by atoms with Crippen LogP contribution in [0.3, 0.4) is 0 Å². The number of carbonyl (C=O) groups is 1. The Morgan fingerprint density at radius 1 is 1.24 bits per heavy atom. The molecular formula is C21H15Cl2N3O2S. The second-order valence-corrected chi connectivity index (χ2v) is 7.95. The Labute approximate surface area is 182 Å². The van der Waals surface area contributed by atoms with Crippen molar-refractivity contribution in [3.05, 3.63) is 75.6 Å². The summed E-state index contributed by atoms with van der Waals surface area (Å²) < 4.78 is 5.89. The molecular weight excluding hydrogens is 429 g/mol. The summed E-state index contributed by atoms with van der Waals surface area (Å²) in [5.74, 6) is 1.14. The van der Waals surface area contributed by atoms with E-state index in [1.807, 2.05) is 37.3 Å². The number of thioether (sulfide) groups is 1. The summed E-state index contributed by atoms with van der Waals surface area (Å²) in [5.41, 5.74) is 1.44. The smallest absolute Gasteiger partial charge is 0.266 e. The third-order valence-electron chi connectivity index (χ3n) is 4.18. The van der Waals surface area contributed by atoms with Gasteiger partial charge >= 0.3 is 0 Å². The van der Waals surface area contributed by atoms with Crippen LogP contribution in [-0.4, -0.2) is 27.5 Å². The largest absolute Gasteiger partial charge is 0.457 e. The molecule has 0 N–H and O–H groups in total. The van der Waals surface area contributed by atoms with Crippen LogP contribution in [0.4, 0.5) is 5.69 Å². The average molecular weight is 444 g/mol. The van der Waals surface area contributed by atoms with E-state index in [-0.39, 0.29) is 5.91 Å². The highest BCUT2D eigenvalue weighted by Crippen LogP contribution is 2.36. The number of pyridine rings is 1. The molecule has 0 saturated carbocycles. The van der Waals surface area contributed by atoms with Crippen LogP contribution < -0.4 is 0 Å². The Kier molecular flexibility index (Phi) is 5.76. The zero-order valence-electron chi connectivity index (χ0n) is 15.3. The highest BCUT2D eigenvalue weighted by atomic mass is 35.5. The molecule has 1 aromatic carbocycles. The maximum Gasteiger partial charge on any atom is 0.266 e. The van der Waals surface area contributed by atoms with Crippen LogP contribution in [-0.2, 0) is 4.79 Å². The van der Waals surface area contributed by atoms with Crippen molar-refractivity contribution < 1.29 is 9.21 Å². The van der Waals surface area contributed by atoms with Gasteiger partial charge in [-0.1, -0.05) is 35.3 Å². The molecule has 0 atom stereocenters. The van der Waals surface area contributed by atoms with E-state index in [1.54, 1.807) is 29.3 Å². The van der Waals surface area contributed by atoms with Crippen molar-refractivity contribution in [1.29, 1.82) is 0 Å². The van der Waals surface area contributed by atoms with Gasteiger partial charge in [-0.25, -0.2) is 4.99 Å². The third kappa shape index (κ3) is 4.24. The van der Waals surface area contributed by atoms with Crippen LogP contribution in [0, 0.1) is 0 Å². The van der Waals surface area contributed by atoms with E-state index < -0.39 is 0 Å². The first kappa shape index (κ1) is 19.8. The van der Waals surface area contributed by atoms with Gasteiger partial charge in [-0.15, -0.1) is 0 Å². The summed E-state index contributed by atoms with van der Waals surface area (Å²) >= 11 is 13.5. The Morgan fingerprint density at radius 3 is 2.86 bits per heavy atom. The predicted molar refractivity (Wildman–Crippen MR) is 118 cm³/mol. The van der Waals surface area contributed by atoms with E-state index in [0.717, 1.165) is 5.56 Å². The highest BCUT2D eigenvalue weighted by Gasteiger charge is 2.32. The van der Waals surface area contributed by atoms with E-state index in [2.05, 4.69) is 9.98 Å². The van der Waals surface area contributed by atoms with Crippen molar-refractivity contribution in [2.24, 2.45) is 4.99 Å². The molecule has 29 heavy (non-hydrogen) atoms. The number of aromatic nitrogens is 1. The monoisotopic (exact) mass is 443 g/mol. The SMILES string of the molecule is CCN1C(=O)/C(=C\c2ccc(-c3cccc(Cl)c3)o2)SC1=Nc1ccncc1Cl. The number of rotatable bonds is 4. The van der Waals surface area contributed by atoms with Crippen LogP contribution in [0.15, 0.2) is 69.2 Å². The summed E-state index contributed by atoms with van der Waals surface area (Å²) in [6.45, 7) is 2.39. The highest BCUT2D eigenvalue weighted by molar-refractivity contribution is 8.18. The van der Waals surface area contributed by atoms with Crippen LogP contribution in [0.2, 0.25) is 10.0 Å². The molecule has 3 aromatic rings. The van der Waals surface area contributed by atoms with Crippen molar-refractivity contribution >= 4 is 57.8 Å². The number of halogens is 2. The molecule has 0 spiro atoms. The summed E-state index contributed by atoms with van der Waals surface area (Å²) in [5, 5.41) is 1.63. The van der Waals surface area contributed by atoms with E-state index >= 15 is 0 Å². The van der Waals surface area contributed by atoms with E-state index in [9.17, 15) is 4.79 Å². The molecule has 0 aliphatic carbocycles. The predicted octanol–water partition coefficient (Wildman–Crippen LogP) is 6.27. The standard InChI is InChI=1S/C21H15Cl2N3O2S/c1-2-26-20(27)19(29-21(26)25-17-8-9-24-12-16(17)23)11-15-6-7-18(28-15)13-4-3-5-14(22)10-13/h3-12H,2H2,1H3/b19-11+,25-21?. The topological polar surface area (TPSA) is 58.7 Å². The lowest BCUT2D eigenvalue weighted by Gasteiger charge is -2.12. The zero-order chi connectivity index (χ0) is 20.4. The van der Waals surface area contributed by atoms with Crippen molar-refractivity contribution in [3.8, 4) is 11.3 Å². The minimum Gasteiger partial charge on any atom is -0.457 e. The fourth-order valence-corrected chi connectivity index (χ4v) is 4.18.